The Kier molecular flexibility index (Phi) is 5.71. The summed E-state index contributed by atoms with van der Waals surface area (Å²) in [6.45, 7) is 5.26. The lowest BCUT2D eigenvalue weighted by Gasteiger charge is -2.34. The first kappa shape index (κ1) is 16.2. The van der Waals surface area contributed by atoms with Gasteiger partial charge in [0.05, 0.1) is 13.2 Å². The Morgan fingerprint density at radius 2 is 2.05 bits per heavy atom. The highest BCUT2D eigenvalue weighted by molar-refractivity contribution is 5.96. The quantitative estimate of drug-likeness (QED) is 0.828. The van der Waals surface area contributed by atoms with Crippen LogP contribution < -0.4 is 10.1 Å². The Bertz CT molecular complexity index is 527. The van der Waals surface area contributed by atoms with E-state index < -0.39 is 0 Å². The largest absolute Gasteiger partial charge is 0.477 e. The predicted molar refractivity (Wildman–Crippen MR) is 81.8 cm³/mol. The molecule has 0 spiro atoms. The molecule has 1 N–H and O–H groups in total. The van der Waals surface area contributed by atoms with Gasteiger partial charge < -0.3 is 15.0 Å². The molecule has 0 atom stereocenters. The molecule has 1 aliphatic rings. The number of pyridine rings is 1. The van der Waals surface area contributed by atoms with Crippen LogP contribution in [0.3, 0.4) is 0 Å². The van der Waals surface area contributed by atoms with Crippen LogP contribution in [0, 0.1) is 0 Å². The van der Waals surface area contributed by atoms with Crippen molar-refractivity contribution in [3.8, 4) is 5.88 Å². The maximum Gasteiger partial charge on any atom is 0.259 e. The van der Waals surface area contributed by atoms with E-state index in [9.17, 15) is 9.59 Å². The van der Waals surface area contributed by atoms with Crippen molar-refractivity contribution in [3.63, 3.8) is 0 Å². The highest BCUT2D eigenvalue weighted by Crippen LogP contribution is 2.17. The second-order valence-corrected chi connectivity index (χ2v) is 5.03. The first-order valence-electron chi connectivity index (χ1n) is 7.45. The van der Waals surface area contributed by atoms with E-state index in [-0.39, 0.29) is 11.8 Å². The van der Waals surface area contributed by atoms with Crippen LogP contribution in [0.15, 0.2) is 18.3 Å². The van der Waals surface area contributed by atoms with E-state index in [2.05, 4.69) is 10.3 Å². The molecule has 7 heteroatoms. The van der Waals surface area contributed by atoms with Crippen molar-refractivity contribution in [1.29, 1.82) is 0 Å². The summed E-state index contributed by atoms with van der Waals surface area (Å²) in [7, 11) is 1.62. The summed E-state index contributed by atoms with van der Waals surface area (Å²) < 4.78 is 5.42. The Balaban J connectivity index is 1.96. The van der Waals surface area contributed by atoms with Crippen molar-refractivity contribution < 1.29 is 14.3 Å². The molecule has 0 radical (unpaired) electrons. The molecule has 7 nitrogen and oxygen atoms in total. The minimum Gasteiger partial charge on any atom is -0.477 e. The van der Waals surface area contributed by atoms with Gasteiger partial charge in [-0.1, -0.05) is 0 Å². The fourth-order valence-corrected chi connectivity index (χ4v) is 2.37. The molecule has 0 aliphatic carbocycles. The first-order valence-corrected chi connectivity index (χ1v) is 7.45. The van der Waals surface area contributed by atoms with Gasteiger partial charge in [-0.15, -0.1) is 0 Å². The number of likely N-dealkylation sites (N-methyl/N-ethyl adjacent to an activating group) is 1. The lowest BCUT2D eigenvalue weighted by Crippen LogP contribution is -2.50. The molecular weight excluding hydrogens is 284 g/mol. The van der Waals surface area contributed by atoms with E-state index in [1.807, 2.05) is 11.8 Å². The van der Waals surface area contributed by atoms with Crippen molar-refractivity contribution in [1.82, 2.24) is 20.1 Å². The molecular formula is C15H22N4O3. The third-order valence-electron chi connectivity index (χ3n) is 3.59. The molecule has 2 heterocycles. The van der Waals surface area contributed by atoms with Gasteiger partial charge in [-0.05, 0) is 19.1 Å². The lowest BCUT2D eigenvalue weighted by atomic mass is 10.2. The van der Waals surface area contributed by atoms with Crippen molar-refractivity contribution in [3.05, 3.63) is 23.9 Å². The van der Waals surface area contributed by atoms with Crippen LogP contribution >= 0.6 is 0 Å². The summed E-state index contributed by atoms with van der Waals surface area (Å²) in [4.78, 5) is 31.9. The molecule has 22 heavy (non-hydrogen) atoms. The van der Waals surface area contributed by atoms with E-state index >= 15 is 0 Å². The molecule has 1 aromatic rings. The number of hydrogen-bond acceptors (Lipinski definition) is 5. The number of ether oxygens (including phenoxy) is 1. The number of hydrogen-bond donors (Lipinski definition) is 1. The monoisotopic (exact) mass is 306 g/mol. The molecule has 0 aromatic carbocycles. The van der Waals surface area contributed by atoms with E-state index in [0.29, 0.717) is 50.8 Å². The second-order valence-electron chi connectivity index (χ2n) is 5.03. The van der Waals surface area contributed by atoms with Gasteiger partial charge in [-0.25, -0.2) is 4.98 Å². The van der Waals surface area contributed by atoms with E-state index in [1.54, 1.807) is 30.3 Å². The summed E-state index contributed by atoms with van der Waals surface area (Å²) in [5.41, 5.74) is 0.490. The van der Waals surface area contributed by atoms with Gasteiger partial charge >= 0.3 is 0 Å². The third kappa shape index (κ3) is 3.94. The van der Waals surface area contributed by atoms with Crippen molar-refractivity contribution in [2.75, 3.05) is 46.4 Å². The minimum atomic E-state index is -0.0730. The maximum atomic E-state index is 12.6. The fraction of sp³-hybridized carbons (Fsp3) is 0.533. The smallest absolute Gasteiger partial charge is 0.259 e. The zero-order valence-corrected chi connectivity index (χ0v) is 13.0. The zero-order chi connectivity index (χ0) is 15.9. The van der Waals surface area contributed by atoms with Crippen molar-refractivity contribution >= 4 is 11.8 Å². The Morgan fingerprint density at radius 3 is 2.68 bits per heavy atom. The molecule has 1 saturated heterocycles. The lowest BCUT2D eigenvalue weighted by molar-refractivity contribution is -0.122. The SMILES string of the molecule is CCOc1ncccc1C(=O)N1CCN(CC(=O)NC)CC1. The number of carbonyl (C=O) groups is 2. The second kappa shape index (κ2) is 7.74. The number of piperazine rings is 1. The number of nitrogens with one attached hydrogen (secondary N) is 1. The van der Waals surface area contributed by atoms with Gasteiger partial charge in [0.25, 0.3) is 5.91 Å². The van der Waals surface area contributed by atoms with Crippen molar-refractivity contribution in [2.45, 2.75) is 6.92 Å². The van der Waals surface area contributed by atoms with Crippen molar-refractivity contribution in [2.24, 2.45) is 0 Å². The molecule has 0 saturated carbocycles. The van der Waals surface area contributed by atoms with Gasteiger partial charge in [0, 0.05) is 39.4 Å². The number of carbonyl (C=O) groups excluding carboxylic acids is 2. The van der Waals surface area contributed by atoms with Gasteiger partial charge in [0.1, 0.15) is 5.56 Å². The molecule has 1 aliphatic heterocycles. The Labute approximate surface area is 130 Å². The molecule has 120 valence electrons. The first-order chi connectivity index (χ1) is 10.7. The van der Waals surface area contributed by atoms with E-state index in [4.69, 9.17) is 4.74 Å². The standard InChI is InChI=1S/C15H22N4O3/c1-3-22-14-12(5-4-6-17-14)15(21)19-9-7-18(8-10-19)11-13(20)16-2/h4-6H,3,7-11H2,1-2H3,(H,16,20). The molecule has 1 fully saturated rings. The Morgan fingerprint density at radius 1 is 1.32 bits per heavy atom. The van der Waals surface area contributed by atoms with E-state index in [1.165, 1.54) is 0 Å². The fourth-order valence-electron chi connectivity index (χ4n) is 2.37. The van der Waals surface area contributed by atoms with Gasteiger partial charge in [0.2, 0.25) is 11.8 Å². The average Bonchev–Trinajstić information content (AvgIpc) is 2.55. The highest BCUT2D eigenvalue weighted by atomic mass is 16.5. The van der Waals surface area contributed by atoms with Crippen LogP contribution in [-0.2, 0) is 4.79 Å². The summed E-state index contributed by atoms with van der Waals surface area (Å²) in [5, 5.41) is 2.61. The Hall–Kier alpha value is -2.15. The van der Waals surface area contributed by atoms with Crippen LogP contribution in [0.4, 0.5) is 0 Å². The van der Waals surface area contributed by atoms with Crippen LogP contribution in [0.1, 0.15) is 17.3 Å². The van der Waals surface area contributed by atoms with Gasteiger partial charge in [-0.2, -0.15) is 0 Å². The van der Waals surface area contributed by atoms with E-state index in [0.717, 1.165) is 0 Å². The summed E-state index contributed by atoms with van der Waals surface area (Å²) in [5.74, 6) is 0.296. The van der Waals surface area contributed by atoms with Crippen LogP contribution in [0.5, 0.6) is 5.88 Å². The normalized spacial score (nSPS) is 15.5. The van der Waals surface area contributed by atoms with Gasteiger partial charge in [-0.3, -0.25) is 14.5 Å². The number of aromatic nitrogens is 1. The third-order valence-corrected chi connectivity index (χ3v) is 3.59. The van der Waals surface area contributed by atoms with Gasteiger partial charge in [0.15, 0.2) is 0 Å². The molecule has 2 rings (SSSR count). The highest BCUT2D eigenvalue weighted by Gasteiger charge is 2.25. The number of amides is 2. The summed E-state index contributed by atoms with van der Waals surface area (Å²) in [6.07, 6.45) is 1.61. The number of nitrogens with zero attached hydrogens (tertiary/aromatic N) is 3. The topological polar surface area (TPSA) is 74.8 Å². The van der Waals surface area contributed by atoms with Crippen LogP contribution in [-0.4, -0.2) is 73.0 Å². The zero-order valence-electron chi connectivity index (χ0n) is 13.0. The summed E-state index contributed by atoms with van der Waals surface area (Å²) in [6, 6.07) is 3.47. The predicted octanol–water partition coefficient (Wildman–Crippen LogP) is -0.0159. The molecule has 2 amide bonds. The summed E-state index contributed by atoms with van der Waals surface area (Å²) >= 11 is 0. The van der Waals surface area contributed by atoms with Crippen LogP contribution in [0.25, 0.3) is 0 Å². The molecule has 1 aromatic heterocycles. The molecule has 0 bridgehead atoms. The number of rotatable bonds is 5. The average molecular weight is 306 g/mol. The van der Waals surface area contributed by atoms with Crippen LogP contribution in [0.2, 0.25) is 0 Å². The maximum absolute atomic E-state index is 12.6. The molecule has 0 unspecified atom stereocenters. The minimum absolute atomic E-state index is 0.00864.